The normalized spacial score (nSPS) is 10.2. The van der Waals surface area contributed by atoms with Crippen LogP contribution in [0.3, 0.4) is 0 Å². The first-order valence-corrected chi connectivity index (χ1v) is 7.54. The van der Waals surface area contributed by atoms with Crippen molar-refractivity contribution in [3.8, 4) is 11.8 Å². The molecule has 0 spiro atoms. The monoisotopic (exact) mass is 330 g/mol. The molecule has 0 saturated carbocycles. The number of nitrogens with zero attached hydrogens (tertiary/aromatic N) is 3. The number of nitriles is 1. The maximum Gasteiger partial charge on any atom is 0.243 e. The molecule has 0 aliphatic rings. The molecule has 2 aromatic carbocycles. The number of nitrogens with one attached hydrogen (secondary N) is 1. The summed E-state index contributed by atoms with van der Waals surface area (Å²) in [6, 6.07) is 14.5. The molecule has 1 amide bonds. The molecule has 0 aliphatic carbocycles. The number of rotatable bonds is 5. The van der Waals surface area contributed by atoms with Crippen LogP contribution in [-0.4, -0.2) is 22.0 Å². The molecule has 1 heterocycles. The minimum atomic E-state index is -0.313. The first kappa shape index (κ1) is 16.1. The van der Waals surface area contributed by atoms with E-state index in [-0.39, 0.29) is 12.5 Å². The van der Waals surface area contributed by atoms with Gasteiger partial charge in [0.05, 0.1) is 35.1 Å². The Balaban J connectivity index is 2.15. The lowest BCUT2D eigenvalue weighted by Crippen LogP contribution is -2.20. The second-order valence-electron chi connectivity index (χ2n) is 5.30. The fraction of sp³-hybridized carbons (Fsp3) is 0.0526. The van der Waals surface area contributed by atoms with Crippen LogP contribution in [0, 0.1) is 11.3 Å². The summed E-state index contributed by atoms with van der Waals surface area (Å²) in [4.78, 5) is 22.3. The predicted octanol–water partition coefficient (Wildman–Crippen LogP) is 2.51. The van der Waals surface area contributed by atoms with Gasteiger partial charge in [0, 0.05) is 10.9 Å². The Bertz CT molecular complexity index is 1010. The molecule has 0 radical (unpaired) electrons. The summed E-state index contributed by atoms with van der Waals surface area (Å²) in [6.07, 6.45) is 1.96. The smallest absolute Gasteiger partial charge is 0.243 e. The number of aromatic nitrogens is 2. The first-order valence-electron chi connectivity index (χ1n) is 7.54. The van der Waals surface area contributed by atoms with Gasteiger partial charge in [0.25, 0.3) is 0 Å². The summed E-state index contributed by atoms with van der Waals surface area (Å²) in [6.45, 7) is 3.60. The van der Waals surface area contributed by atoms with Crippen molar-refractivity contribution in [3.05, 3.63) is 71.9 Å². The van der Waals surface area contributed by atoms with Gasteiger partial charge in [-0.15, -0.1) is 0 Å². The molecular formula is C19H14N4O2. The maximum atomic E-state index is 11.5. The highest BCUT2D eigenvalue weighted by Gasteiger charge is 2.15. The molecule has 0 saturated heterocycles. The summed E-state index contributed by atoms with van der Waals surface area (Å²) >= 11 is 0. The number of benzene rings is 2. The average Bonchev–Trinajstić information content (AvgIpc) is 3.05. The molecule has 0 fully saturated rings. The average molecular weight is 330 g/mol. The van der Waals surface area contributed by atoms with Crippen molar-refractivity contribution in [2.24, 2.45) is 0 Å². The fourth-order valence-electron chi connectivity index (χ4n) is 2.60. The van der Waals surface area contributed by atoms with Crippen LogP contribution >= 0.6 is 0 Å². The Morgan fingerprint density at radius 3 is 2.68 bits per heavy atom. The van der Waals surface area contributed by atoms with E-state index in [0.717, 1.165) is 17.5 Å². The Morgan fingerprint density at radius 2 is 2.04 bits per heavy atom. The van der Waals surface area contributed by atoms with Crippen molar-refractivity contribution in [3.63, 3.8) is 0 Å². The van der Waals surface area contributed by atoms with Gasteiger partial charge in [0.1, 0.15) is 6.29 Å². The molecule has 1 N–H and O–H groups in total. The lowest BCUT2D eigenvalue weighted by atomic mass is 10.1. The number of aldehydes is 1. The Labute approximate surface area is 144 Å². The van der Waals surface area contributed by atoms with E-state index in [2.05, 4.69) is 23.1 Å². The second-order valence-corrected chi connectivity index (χ2v) is 5.30. The van der Waals surface area contributed by atoms with Gasteiger partial charge in [0.15, 0.2) is 0 Å². The fourth-order valence-corrected chi connectivity index (χ4v) is 2.60. The third-order valence-corrected chi connectivity index (χ3v) is 3.79. The van der Waals surface area contributed by atoms with Gasteiger partial charge < -0.3 is 5.32 Å². The molecule has 0 aliphatic heterocycles. The van der Waals surface area contributed by atoms with Crippen LogP contribution in [0.4, 0.5) is 0 Å². The molecule has 3 rings (SSSR count). The summed E-state index contributed by atoms with van der Waals surface area (Å²) in [7, 11) is 0. The highest BCUT2D eigenvalue weighted by atomic mass is 16.1. The van der Waals surface area contributed by atoms with Crippen LogP contribution in [0.15, 0.2) is 55.1 Å². The van der Waals surface area contributed by atoms with E-state index in [1.807, 2.05) is 6.07 Å². The summed E-state index contributed by atoms with van der Waals surface area (Å²) in [5.41, 5.74) is 3.14. The Hall–Kier alpha value is -3.72. The number of hydrogen-bond donors (Lipinski definition) is 1. The second kappa shape index (κ2) is 6.81. The Kier molecular flexibility index (Phi) is 4.40. The zero-order valence-corrected chi connectivity index (χ0v) is 13.3. The number of fused-ring (bicyclic) bond motifs is 1. The quantitative estimate of drug-likeness (QED) is 0.575. The van der Waals surface area contributed by atoms with Gasteiger partial charge in [0.2, 0.25) is 5.91 Å². The molecular weight excluding hydrogens is 316 g/mol. The van der Waals surface area contributed by atoms with E-state index in [4.69, 9.17) is 0 Å². The van der Waals surface area contributed by atoms with Gasteiger partial charge in [-0.05, 0) is 42.5 Å². The van der Waals surface area contributed by atoms with Crippen LogP contribution in [0.5, 0.6) is 0 Å². The van der Waals surface area contributed by atoms with Crippen LogP contribution in [0.1, 0.15) is 21.6 Å². The molecule has 122 valence electrons. The van der Waals surface area contributed by atoms with Crippen molar-refractivity contribution in [2.75, 3.05) is 0 Å². The van der Waals surface area contributed by atoms with Crippen molar-refractivity contribution in [1.82, 2.24) is 15.1 Å². The zero-order chi connectivity index (χ0) is 17.8. The number of hydrogen-bond acceptors (Lipinski definition) is 4. The molecule has 1 aromatic heterocycles. The SMILES string of the molecule is C=CC(=O)NCc1nn(-c2ccc(C=O)cc2)c2cccc(C#N)c12. The Morgan fingerprint density at radius 1 is 1.28 bits per heavy atom. The zero-order valence-electron chi connectivity index (χ0n) is 13.3. The molecule has 0 atom stereocenters. The van der Waals surface area contributed by atoms with Gasteiger partial charge in [-0.25, -0.2) is 4.68 Å². The molecule has 6 nitrogen and oxygen atoms in total. The van der Waals surface area contributed by atoms with Gasteiger partial charge in [-0.1, -0.05) is 12.6 Å². The summed E-state index contributed by atoms with van der Waals surface area (Å²) in [5, 5.41) is 17.3. The molecule has 0 unspecified atom stereocenters. The van der Waals surface area contributed by atoms with Gasteiger partial charge in [-0.3, -0.25) is 9.59 Å². The van der Waals surface area contributed by atoms with E-state index < -0.39 is 0 Å². The van der Waals surface area contributed by atoms with Crippen LogP contribution < -0.4 is 5.32 Å². The molecule has 25 heavy (non-hydrogen) atoms. The topological polar surface area (TPSA) is 87.8 Å². The van der Waals surface area contributed by atoms with E-state index >= 15 is 0 Å². The predicted molar refractivity (Wildman–Crippen MR) is 93.2 cm³/mol. The number of carbonyl (C=O) groups excluding carboxylic acids is 2. The third-order valence-electron chi connectivity index (χ3n) is 3.79. The minimum Gasteiger partial charge on any atom is -0.347 e. The van der Waals surface area contributed by atoms with Crippen molar-refractivity contribution >= 4 is 23.1 Å². The summed E-state index contributed by atoms with van der Waals surface area (Å²) < 4.78 is 1.69. The van der Waals surface area contributed by atoms with Crippen molar-refractivity contribution < 1.29 is 9.59 Å². The third kappa shape index (κ3) is 3.03. The lowest BCUT2D eigenvalue weighted by molar-refractivity contribution is -0.116. The maximum absolute atomic E-state index is 11.5. The van der Waals surface area contributed by atoms with Crippen LogP contribution in [-0.2, 0) is 11.3 Å². The van der Waals surface area contributed by atoms with E-state index in [0.29, 0.717) is 22.2 Å². The van der Waals surface area contributed by atoms with Crippen molar-refractivity contribution in [1.29, 1.82) is 5.26 Å². The molecule has 3 aromatic rings. The highest BCUT2D eigenvalue weighted by Crippen LogP contribution is 2.25. The van der Waals surface area contributed by atoms with Crippen LogP contribution in [0.25, 0.3) is 16.6 Å². The lowest BCUT2D eigenvalue weighted by Gasteiger charge is -2.03. The largest absolute Gasteiger partial charge is 0.347 e. The minimum absolute atomic E-state index is 0.180. The van der Waals surface area contributed by atoms with E-state index in [1.165, 1.54) is 6.08 Å². The van der Waals surface area contributed by atoms with E-state index in [1.54, 1.807) is 41.1 Å². The van der Waals surface area contributed by atoms with Gasteiger partial charge >= 0.3 is 0 Å². The molecule has 6 heteroatoms. The van der Waals surface area contributed by atoms with E-state index in [9.17, 15) is 14.9 Å². The first-order chi connectivity index (χ1) is 12.2. The number of amides is 1. The summed E-state index contributed by atoms with van der Waals surface area (Å²) in [5.74, 6) is -0.313. The van der Waals surface area contributed by atoms with Crippen LogP contribution in [0.2, 0.25) is 0 Å². The highest BCUT2D eigenvalue weighted by molar-refractivity contribution is 5.90. The standard InChI is InChI=1S/C19H14N4O2/c1-2-18(25)21-11-16-19-14(10-20)4-3-5-17(19)23(22-16)15-8-6-13(12-24)7-9-15/h2-9,12H,1,11H2,(H,21,25). The van der Waals surface area contributed by atoms with Crippen molar-refractivity contribution in [2.45, 2.75) is 6.54 Å². The number of carbonyl (C=O) groups is 2. The van der Waals surface area contributed by atoms with Gasteiger partial charge in [-0.2, -0.15) is 10.4 Å². The molecule has 0 bridgehead atoms.